The predicted molar refractivity (Wildman–Crippen MR) is 97.2 cm³/mol. The molecule has 0 amide bonds. The third-order valence-corrected chi connectivity index (χ3v) is 7.82. The minimum absolute atomic E-state index is 0. The van der Waals surface area contributed by atoms with Gasteiger partial charge in [0, 0.05) is 25.0 Å². The Balaban J connectivity index is 0.00000192. The Morgan fingerprint density at radius 1 is 1.26 bits per heavy atom. The maximum Gasteiger partial charge on any atom is 0.252 e. The molecule has 2 aromatic rings. The van der Waals surface area contributed by atoms with Crippen molar-refractivity contribution in [3.05, 3.63) is 51.9 Å². The van der Waals surface area contributed by atoms with Gasteiger partial charge in [-0.2, -0.15) is 4.31 Å². The van der Waals surface area contributed by atoms with Crippen LogP contribution in [-0.4, -0.2) is 31.9 Å². The van der Waals surface area contributed by atoms with Gasteiger partial charge >= 0.3 is 0 Å². The Hall–Kier alpha value is -0.630. The van der Waals surface area contributed by atoms with E-state index in [2.05, 4.69) is 0 Å². The van der Waals surface area contributed by atoms with Gasteiger partial charge in [0.2, 0.25) is 0 Å². The summed E-state index contributed by atoms with van der Waals surface area (Å²) >= 11 is 7.11. The molecule has 0 aliphatic carbocycles. The first-order valence-electron chi connectivity index (χ1n) is 6.96. The van der Waals surface area contributed by atoms with Gasteiger partial charge in [-0.15, -0.1) is 23.7 Å². The summed E-state index contributed by atoms with van der Waals surface area (Å²) in [6.07, 6.45) is 0. The summed E-state index contributed by atoms with van der Waals surface area (Å²) in [7, 11) is -3.53. The zero-order valence-corrected chi connectivity index (χ0v) is 15.7. The molecule has 0 spiro atoms. The number of hydrogen-bond acceptors (Lipinski definition) is 4. The molecule has 0 bridgehead atoms. The van der Waals surface area contributed by atoms with E-state index in [4.69, 9.17) is 17.3 Å². The monoisotopic (exact) mass is 392 g/mol. The molecule has 1 saturated heterocycles. The van der Waals surface area contributed by atoms with Crippen LogP contribution < -0.4 is 5.73 Å². The standard InChI is InChI=1S/C15H17ClN2O2S2.ClH/c1-10-7-14(21-15(10)16)22(19,20)18-8-12(13(17)9-18)11-5-3-2-4-6-11;/h2-7,12-13H,8-9,17H2,1H3;1H/t12-,13+;/m0./s1. The summed E-state index contributed by atoms with van der Waals surface area (Å²) in [6.45, 7) is 2.54. The van der Waals surface area contributed by atoms with E-state index >= 15 is 0 Å². The first-order chi connectivity index (χ1) is 10.4. The third kappa shape index (κ3) is 3.57. The first kappa shape index (κ1) is 18.7. The average molecular weight is 393 g/mol. The smallest absolute Gasteiger partial charge is 0.252 e. The lowest BCUT2D eigenvalue weighted by Crippen LogP contribution is -2.31. The molecule has 0 radical (unpaired) electrons. The molecule has 3 rings (SSSR count). The predicted octanol–water partition coefficient (Wildman–Crippen LogP) is 3.25. The third-order valence-electron chi connectivity index (χ3n) is 3.99. The number of nitrogens with two attached hydrogens (primary N) is 1. The Labute approximate surface area is 151 Å². The molecular weight excluding hydrogens is 375 g/mol. The maximum atomic E-state index is 12.7. The maximum absolute atomic E-state index is 12.7. The largest absolute Gasteiger partial charge is 0.326 e. The van der Waals surface area contributed by atoms with Gasteiger partial charge < -0.3 is 5.73 Å². The normalized spacial score (nSPS) is 22.0. The molecule has 23 heavy (non-hydrogen) atoms. The molecule has 1 aliphatic rings. The van der Waals surface area contributed by atoms with Gasteiger partial charge in [0.1, 0.15) is 4.21 Å². The molecule has 1 fully saturated rings. The van der Waals surface area contributed by atoms with E-state index in [9.17, 15) is 8.42 Å². The molecule has 1 aromatic carbocycles. The second kappa shape index (κ2) is 7.09. The van der Waals surface area contributed by atoms with Crippen molar-refractivity contribution in [2.75, 3.05) is 13.1 Å². The van der Waals surface area contributed by atoms with Crippen molar-refractivity contribution in [3.8, 4) is 0 Å². The Bertz CT molecular complexity index is 759. The van der Waals surface area contributed by atoms with E-state index in [0.717, 1.165) is 22.5 Å². The van der Waals surface area contributed by atoms with Crippen LogP contribution in [0.25, 0.3) is 0 Å². The fourth-order valence-electron chi connectivity index (χ4n) is 2.73. The average Bonchev–Trinajstić information content (AvgIpc) is 3.04. The second-order valence-corrected chi connectivity index (χ2v) is 9.34. The van der Waals surface area contributed by atoms with Gasteiger partial charge in [-0.25, -0.2) is 8.42 Å². The van der Waals surface area contributed by atoms with Crippen molar-refractivity contribution >= 4 is 45.4 Å². The van der Waals surface area contributed by atoms with Crippen molar-refractivity contribution in [2.24, 2.45) is 5.73 Å². The van der Waals surface area contributed by atoms with E-state index < -0.39 is 10.0 Å². The highest BCUT2D eigenvalue weighted by atomic mass is 35.5. The summed E-state index contributed by atoms with van der Waals surface area (Å²) in [5, 5.41) is 0. The number of thiophene rings is 1. The van der Waals surface area contributed by atoms with E-state index in [1.807, 2.05) is 30.3 Å². The van der Waals surface area contributed by atoms with Gasteiger partial charge in [-0.3, -0.25) is 0 Å². The number of sulfonamides is 1. The van der Waals surface area contributed by atoms with E-state index in [1.54, 1.807) is 13.0 Å². The molecule has 2 N–H and O–H groups in total. The molecular formula is C15H18Cl2N2O2S2. The van der Waals surface area contributed by atoms with Gasteiger partial charge in [0.05, 0.1) is 4.34 Å². The molecule has 0 unspecified atom stereocenters. The first-order valence-corrected chi connectivity index (χ1v) is 9.59. The number of halogens is 2. The highest BCUT2D eigenvalue weighted by Gasteiger charge is 2.39. The lowest BCUT2D eigenvalue weighted by molar-refractivity contribution is 0.472. The van der Waals surface area contributed by atoms with Gasteiger partial charge in [-0.05, 0) is 24.1 Å². The number of rotatable bonds is 3. The lowest BCUT2D eigenvalue weighted by Gasteiger charge is -2.15. The van der Waals surface area contributed by atoms with Gasteiger partial charge in [0.15, 0.2) is 0 Å². The van der Waals surface area contributed by atoms with Crippen LogP contribution in [0.2, 0.25) is 4.34 Å². The van der Waals surface area contributed by atoms with Crippen LogP contribution in [0.5, 0.6) is 0 Å². The number of nitrogens with zero attached hydrogens (tertiary/aromatic N) is 1. The van der Waals surface area contributed by atoms with Crippen LogP contribution in [0, 0.1) is 6.92 Å². The Morgan fingerprint density at radius 2 is 1.91 bits per heavy atom. The molecule has 1 aromatic heterocycles. The van der Waals surface area contributed by atoms with Crippen molar-refractivity contribution in [1.82, 2.24) is 4.31 Å². The van der Waals surface area contributed by atoms with Crippen LogP contribution >= 0.6 is 35.3 Å². The molecule has 2 heterocycles. The van der Waals surface area contributed by atoms with Crippen LogP contribution in [0.1, 0.15) is 17.0 Å². The zero-order valence-electron chi connectivity index (χ0n) is 12.5. The molecule has 2 atom stereocenters. The summed E-state index contributed by atoms with van der Waals surface area (Å²) in [5.74, 6) is 0.0208. The van der Waals surface area contributed by atoms with E-state index in [1.165, 1.54) is 4.31 Å². The van der Waals surface area contributed by atoms with Gasteiger partial charge in [-0.1, -0.05) is 41.9 Å². The van der Waals surface area contributed by atoms with Crippen LogP contribution in [0.4, 0.5) is 0 Å². The van der Waals surface area contributed by atoms with Crippen LogP contribution in [0.3, 0.4) is 0 Å². The van der Waals surface area contributed by atoms with Crippen molar-refractivity contribution in [1.29, 1.82) is 0 Å². The minimum atomic E-state index is -3.53. The number of benzene rings is 1. The Morgan fingerprint density at radius 3 is 2.48 bits per heavy atom. The highest BCUT2D eigenvalue weighted by molar-refractivity contribution is 7.91. The SMILES string of the molecule is Cc1cc(S(=O)(=O)N2C[C@@H](N)[C@H](c3ccccc3)C2)sc1Cl.Cl. The van der Waals surface area contributed by atoms with Gasteiger partial charge in [0.25, 0.3) is 10.0 Å². The molecule has 126 valence electrons. The molecule has 0 saturated carbocycles. The lowest BCUT2D eigenvalue weighted by atomic mass is 9.95. The summed E-state index contributed by atoms with van der Waals surface area (Å²) < 4.78 is 27.8. The van der Waals surface area contributed by atoms with Crippen molar-refractivity contribution in [3.63, 3.8) is 0 Å². The highest BCUT2D eigenvalue weighted by Crippen LogP contribution is 2.35. The Kier molecular flexibility index (Phi) is 5.76. The van der Waals surface area contributed by atoms with Crippen molar-refractivity contribution in [2.45, 2.75) is 23.1 Å². The van der Waals surface area contributed by atoms with Crippen LogP contribution in [-0.2, 0) is 10.0 Å². The summed E-state index contributed by atoms with van der Waals surface area (Å²) in [4.78, 5) is 0. The fraction of sp³-hybridized carbons (Fsp3) is 0.333. The summed E-state index contributed by atoms with van der Waals surface area (Å²) in [5.41, 5.74) is 8.04. The molecule has 1 aliphatic heterocycles. The van der Waals surface area contributed by atoms with E-state index in [-0.39, 0.29) is 28.6 Å². The summed E-state index contributed by atoms with van der Waals surface area (Å²) in [6, 6.07) is 11.2. The minimum Gasteiger partial charge on any atom is -0.326 e. The number of hydrogen-bond donors (Lipinski definition) is 1. The fourth-order valence-corrected chi connectivity index (χ4v) is 6.09. The zero-order chi connectivity index (χ0) is 15.9. The topological polar surface area (TPSA) is 63.4 Å². The van der Waals surface area contributed by atoms with E-state index in [0.29, 0.717) is 17.4 Å². The van der Waals surface area contributed by atoms with Crippen molar-refractivity contribution < 1.29 is 8.42 Å². The number of aryl methyl sites for hydroxylation is 1. The second-order valence-electron chi connectivity index (χ2n) is 5.53. The molecule has 4 nitrogen and oxygen atoms in total. The van der Waals surface area contributed by atoms with Crippen LogP contribution in [0.15, 0.2) is 40.6 Å². The quantitative estimate of drug-likeness (QED) is 0.871. The molecule has 8 heteroatoms.